The molecule has 2 aromatic carbocycles. The second-order valence-corrected chi connectivity index (χ2v) is 4.99. The highest BCUT2D eigenvalue weighted by atomic mass is 19.1. The van der Waals surface area contributed by atoms with Crippen LogP contribution in [0.2, 0.25) is 0 Å². The molecule has 0 spiro atoms. The SMILES string of the molecule is CC(C)(C(=O)O)c1ccc(-c2ccccc2)c(F)c1. The molecule has 0 amide bonds. The van der Waals surface area contributed by atoms with Crippen molar-refractivity contribution in [2.45, 2.75) is 19.3 Å². The van der Waals surface area contributed by atoms with E-state index in [0.717, 1.165) is 5.56 Å². The highest BCUT2D eigenvalue weighted by molar-refractivity contribution is 5.80. The lowest BCUT2D eigenvalue weighted by Crippen LogP contribution is -2.28. The summed E-state index contributed by atoms with van der Waals surface area (Å²) in [7, 11) is 0. The van der Waals surface area contributed by atoms with E-state index in [4.69, 9.17) is 5.11 Å². The van der Waals surface area contributed by atoms with Gasteiger partial charge in [-0.05, 0) is 31.0 Å². The number of rotatable bonds is 3. The maximum absolute atomic E-state index is 14.1. The van der Waals surface area contributed by atoms with Crippen molar-refractivity contribution >= 4 is 5.97 Å². The van der Waals surface area contributed by atoms with Crippen LogP contribution >= 0.6 is 0 Å². The summed E-state index contributed by atoms with van der Waals surface area (Å²) in [6.07, 6.45) is 0. The van der Waals surface area contributed by atoms with Crippen molar-refractivity contribution in [3.8, 4) is 11.1 Å². The van der Waals surface area contributed by atoms with Gasteiger partial charge in [-0.1, -0.05) is 42.5 Å². The third-order valence-electron chi connectivity index (χ3n) is 3.31. The largest absolute Gasteiger partial charge is 0.481 e. The monoisotopic (exact) mass is 258 g/mol. The standard InChI is InChI=1S/C16H15FO2/c1-16(2,15(18)19)12-8-9-13(14(17)10-12)11-6-4-3-5-7-11/h3-10H,1-2H3,(H,18,19). The van der Waals surface area contributed by atoms with Crippen molar-refractivity contribution in [2.24, 2.45) is 0 Å². The highest BCUT2D eigenvalue weighted by Gasteiger charge is 2.30. The van der Waals surface area contributed by atoms with Crippen molar-refractivity contribution in [3.05, 3.63) is 59.9 Å². The zero-order valence-electron chi connectivity index (χ0n) is 10.9. The Kier molecular flexibility index (Phi) is 3.38. The number of carboxylic acids is 1. The van der Waals surface area contributed by atoms with E-state index in [0.29, 0.717) is 11.1 Å². The Labute approximate surface area is 111 Å². The molecule has 1 N–H and O–H groups in total. The smallest absolute Gasteiger partial charge is 0.313 e. The molecule has 0 radical (unpaired) electrons. The number of hydrogen-bond donors (Lipinski definition) is 1. The quantitative estimate of drug-likeness (QED) is 0.907. The average Bonchev–Trinajstić information content (AvgIpc) is 2.39. The first-order valence-electron chi connectivity index (χ1n) is 6.02. The molecule has 0 saturated heterocycles. The van der Waals surface area contributed by atoms with Crippen LogP contribution in [0.15, 0.2) is 48.5 Å². The molecule has 2 nitrogen and oxygen atoms in total. The lowest BCUT2D eigenvalue weighted by atomic mass is 9.84. The Bertz CT molecular complexity index is 603. The lowest BCUT2D eigenvalue weighted by Gasteiger charge is -2.20. The number of carboxylic acid groups (broad SMARTS) is 1. The molecule has 0 aliphatic carbocycles. The molecule has 0 atom stereocenters. The molecular weight excluding hydrogens is 243 g/mol. The number of halogens is 1. The topological polar surface area (TPSA) is 37.3 Å². The minimum atomic E-state index is -1.10. The van der Waals surface area contributed by atoms with Crippen molar-refractivity contribution in [3.63, 3.8) is 0 Å². The normalized spacial score (nSPS) is 11.3. The number of hydrogen-bond acceptors (Lipinski definition) is 1. The van der Waals surface area contributed by atoms with Gasteiger partial charge >= 0.3 is 5.97 Å². The number of benzene rings is 2. The Morgan fingerprint density at radius 3 is 2.26 bits per heavy atom. The second kappa shape index (κ2) is 4.84. The van der Waals surface area contributed by atoms with E-state index >= 15 is 0 Å². The van der Waals surface area contributed by atoms with E-state index in [1.165, 1.54) is 6.07 Å². The van der Waals surface area contributed by atoms with Crippen molar-refractivity contribution in [1.82, 2.24) is 0 Å². The van der Waals surface area contributed by atoms with Crippen LogP contribution in [0, 0.1) is 5.82 Å². The van der Waals surface area contributed by atoms with E-state index < -0.39 is 17.2 Å². The molecule has 0 saturated carbocycles. The maximum atomic E-state index is 14.1. The molecule has 98 valence electrons. The molecule has 19 heavy (non-hydrogen) atoms. The zero-order valence-corrected chi connectivity index (χ0v) is 10.9. The summed E-state index contributed by atoms with van der Waals surface area (Å²) in [5.74, 6) is -1.38. The van der Waals surface area contributed by atoms with E-state index in [1.54, 1.807) is 26.0 Å². The van der Waals surface area contributed by atoms with Crippen LogP contribution < -0.4 is 0 Å². The number of carbonyl (C=O) groups is 1. The molecular formula is C16H15FO2. The van der Waals surface area contributed by atoms with Gasteiger partial charge in [-0.2, -0.15) is 0 Å². The second-order valence-electron chi connectivity index (χ2n) is 4.99. The fourth-order valence-corrected chi connectivity index (χ4v) is 1.88. The Hall–Kier alpha value is -2.16. The predicted molar refractivity (Wildman–Crippen MR) is 72.5 cm³/mol. The van der Waals surface area contributed by atoms with E-state index in [-0.39, 0.29) is 0 Å². The summed E-state index contributed by atoms with van der Waals surface area (Å²) in [6.45, 7) is 3.12. The number of aliphatic carboxylic acids is 1. The molecule has 0 heterocycles. The lowest BCUT2D eigenvalue weighted by molar-refractivity contribution is -0.142. The zero-order chi connectivity index (χ0) is 14.0. The molecule has 0 unspecified atom stereocenters. The van der Waals surface area contributed by atoms with Gasteiger partial charge in [-0.25, -0.2) is 4.39 Å². The van der Waals surface area contributed by atoms with Crippen molar-refractivity contribution in [2.75, 3.05) is 0 Å². The first kappa shape index (κ1) is 13.3. The fourth-order valence-electron chi connectivity index (χ4n) is 1.88. The third-order valence-corrected chi connectivity index (χ3v) is 3.31. The molecule has 0 aromatic heterocycles. The summed E-state index contributed by atoms with van der Waals surface area (Å²) in [5, 5.41) is 9.15. The minimum Gasteiger partial charge on any atom is -0.481 e. The van der Waals surface area contributed by atoms with Crippen LogP contribution in [0.1, 0.15) is 19.4 Å². The van der Waals surface area contributed by atoms with Gasteiger partial charge in [0.05, 0.1) is 5.41 Å². The van der Waals surface area contributed by atoms with E-state index in [2.05, 4.69) is 0 Å². The summed E-state index contributed by atoms with van der Waals surface area (Å²) < 4.78 is 14.1. The third kappa shape index (κ3) is 2.50. The summed E-state index contributed by atoms with van der Waals surface area (Å²) >= 11 is 0. The van der Waals surface area contributed by atoms with Crippen LogP contribution in [-0.4, -0.2) is 11.1 Å². The van der Waals surface area contributed by atoms with Gasteiger partial charge in [-0.15, -0.1) is 0 Å². The maximum Gasteiger partial charge on any atom is 0.313 e. The predicted octanol–water partition coefficient (Wildman–Crippen LogP) is 3.85. The van der Waals surface area contributed by atoms with Crippen LogP contribution in [0.25, 0.3) is 11.1 Å². The van der Waals surface area contributed by atoms with Gasteiger partial charge in [-0.3, -0.25) is 4.79 Å². The van der Waals surface area contributed by atoms with Crippen LogP contribution in [0.3, 0.4) is 0 Å². The Morgan fingerprint density at radius 1 is 1.11 bits per heavy atom. The first-order chi connectivity index (χ1) is 8.93. The first-order valence-corrected chi connectivity index (χ1v) is 6.02. The Morgan fingerprint density at radius 2 is 1.74 bits per heavy atom. The molecule has 2 rings (SSSR count). The summed E-state index contributed by atoms with van der Waals surface area (Å²) in [4.78, 5) is 11.2. The van der Waals surface area contributed by atoms with Gasteiger partial charge in [0.1, 0.15) is 5.82 Å². The van der Waals surface area contributed by atoms with Crippen LogP contribution in [-0.2, 0) is 10.2 Å². The fraction of sp³-hybridized carbons (Fsp3) is 0.188. The Balaban J connectivity index is 2.47. The molecule has 3 heteroatoms. The average molecular weight is 258 g/mol. The van der Waals surface area contributed by atoms with Gasteiger partial charge in [0, 0.05) is 5.56 Å². The van der Waals surface area contributed by atoms with Gasteiger partial charge in [0.25, 0.3) is 0 Å². The molecule has 0 fully saturated rings. The molecule has 0 aliphatic heterocycles. The summed E-state index contributed by atoms with van der Waals surface area (Å²) in [6, 6.07) is 13.8. The minimum absolute atomic E-state index is 0.405. The molecule has 0 bridgehead atoms. The molecule has 0 aliphatic rings. The van der Waals surface area contributed by atoms with Crippen molar-refractivity contribution < 1.29 is 14.3 Å². The summed E-state index contributed by atoms with van der Waals surface area (Å²) in [5.41, 5.74) is 0.609. The van der Waals surface area contributed by atoms with Crippen molar-refractivity contribution in [1.29, 1.82) is 0 Å². The van der Waals surface area contributed by atoms with Gasteiger partial charge in [0.2, 0.25) is 0 Å². The highest BCUT2D eigenvalue weighted by Crippen LogP contribution is 2.29. The van der Waals surface area contributed by atoms with Gasteiger partial charge < -0.3 is 5.11 Å². The van der Waals surface area contributed by atoms with E-state index in [9.17, 15) is 9.18 Å². The van der Waals surface area contributed by atoms with Gasteiger partial charge in [0.15, 0.2) is 0 Å². The van der Waals surface area contributed by atoms with E-state index in [1.807, 2.05) is 30.3 Å². The van der Waals surface area contributed by atoms with Crippen LogP contribution in [0.4, 0.5) is 4.39 Å². The van der Waals surface area contributed by atoms with Crippen LogP contribution in [0.5, 0.6) is 0 Å². The molecule has 2 aromatic rings.